The smallest absolute Gasteiger partial charge is 0.320 e. The van der Waals surface area contributed by atoms with Crippen molar-refractivity contribution in [1.82, 2.24) is 9.97 Å². The fourth-order valence-electron chi connectivity index (χ4n) is 2.30. The first-order chi connectivity index (χ1) is 10.6. The molecular formula is C16H19N3O3. The predicted octanol–water partition coefficient (Wildman–Crippen LogP) is 1.59. The third-order valence-corrected chi connectivity index (χ3v) is 3.31. The summed E-state index contributed by atoms with van der Waals surface area (Å²) in [6, 6.07) is 10.1. The molecule has 1 aromatic heterocycles. The lowest BCUT2D eigenvalue weighted by atomic mass is 10.1. The van der Waals surface area contributed by atoms with E-state index in [1.54, 1.807) is 0 Å². The number of amides is 1. The molecule has 0 aliphatic heterocycles. The highest BCUT2D eigenvalue weighted by molar-refractivity contribution is 5.88. The number of hydrogen-bond acceptors (Lipinski definition) is 3. The Labute approximate surface area is 127 Å². The second-order valence-electron chi connectivity index (χ2n) is 5.14. The van der Waals surface area contributed by atoms with Crippen LogP contribution in [0.15, 0.2) is 39.9 Å². The lowest BCUT2D eigenvalue weighted by Crippen LogP contribution is -2.29. The Kier molecular flexibility index (Phi) is 5.30. The van der Waals surface area contributed by atoms with Crippen LogP contribution in [0.4, 0.5) is 5.69 Å². The third-order valence-electron chi connectivity index (χ3n) is 3.31. The highest BCUT2D eigenvalue weighted by Crippen LogP contribution is 2.11. The van der Waals surface area contributed by atoms with Gasteiger partial charge in [0.15, 0.2) is 0 Å². The topological polar surface area (TPSA) is 94.8 Å². The van der Waals surface area contributed by atoms with E-state index in [1.807, 2.05) is 18.2 Å². The summed E-state index contributed by atoms with van der Waals surface area (Å²) >= 11 is 0. The number of rotatable bonds is 6. The van der Waals surface area contributed by atoms with Gasteiger partial charge in [-0.05, 0) is 31.2 Å². The van der Waals surface area contributed by atoms with Crippen LogP contribution in [0.3, 0.4) is 0 Å². The zero-order valence-electron chi connectivity index (χ0n) is 12.4. The molecular weight excluding hydrogens is 282 g/mol. The summed E-state index contributed by atoms with van der Waals surface area (Å²) in [6.45, 7) is 1.32. The lowest BCUT2D eigenvalue weighted by Gasteiger charge is -2.08. The number of benzene rings is 1. The molecule has 0 radical (unpaired) electrons. The molecule has 1 aromatic carbocycles. The minimum atomic E-state index is -0.572. The molecule has 22 heavy (non-hydrogen) atoms. The van der Waals surface area contributed by atoms with E-state index < -0.39 is 11.2 Å². The summed E-state index contributed by atoms with van der Waals surface area (Å²) in [5.74, 6) is -0.344. The first-order valence-electron chi connectivity index (χ1n) is 7.23. The van der Waals surface area contributed by atoms with E-state index in [9.17, 15) is 14.4 Å². The van der Waals surface area contributed by atoms with Crippen LogP contribution in [0.2, 0.25) is 0 Å². The summed E-state index contributed by atoms with van der Waals surface area (Å²) < 4.78 is 0. The van der Waals surface area contributed by atoms with Crippen molar-refractivity contribution in [3.8, 4) is 0 Å². The van der Waals surface area contributed by atoms with Crippen LogP contribution in [0.25, 0.3) is 0 Å². The molecule has 0 fully saturated rings. The molecule has 2 rings (SSSR count). The van der Waals surface area contributed by atoms with E-state index in [4.69, 9.17) is 0 Å². The fraction of sp³-hybridized carbons (Fsp3) is 0.312. The van der Waals surface area contributed by atoms with Crippen LogP contribution < -0.4 is 16.6 Å². The zero-order valence-corrected chi connectivity index (χ0v) is 12.4. The Balaban J connectivity index is 2.01. The summed E-state index contributed by atoms with van der Waals surface area (Å²) in [6.07, 6.45) is 3.20. The van der Waals surface area contributed by atoms with Gasteiger partial charge in [-0.2, -0.15) is 0 Å². The molecule has 6 heteroatoms. The molecule has 0 aliphatic carbocycles. The summed E-state index contributed by atoms with van der Waals surface area (Å²) in [5.41, 5.74) is 0.724. The van der Waals surface area contributed by atoms with Crippen LogP contribution in [-0.2, 0) is 17.6 Å². The average Bonchev–Trinajstić information content (AvgIpc) is 2.47. The molecule has 0 atom stereocenters. The molecule has 0 spiro atoms. The fourth-order valence-corrected chi connectivity index (χ4v) is 2.30. The normalized spacial score (nSPS) is 10.4. The van der Waals surface area contributed by atoms with Crippen LogP contribution >= 0.6 is 0 Å². The summed E-state index contributed by atoms with van der Waals surface area (Å²) in [4.78, 5) is 39.0. The Bertz CT molecular complexity index is 747. The maximum atomic E-state index is 11.8. The number of carbonyl (C=O) groups is 1. The number of unbranched alkanes of at least 4 members (excludes halogenated alkanes) is 1. The van der Waals surface area contributed by atoms with E-state index in [1.165, 1.54) is 12.5 Å². The minimum absolute atomic E-state index is 0.131. The molecule has 0 saturated heterocycles. The molecule has 0 unspecified atom stereocenters. The Morgan fingerprint density at radius 3 is 2.41 bits per heavy atom. The van der Waals surface area contributed by atoms with Crippen molar-refractivity contribution in [2.24, 2.45) is 0 Å². The van der Waals surface area contributed by atoms with Gasteiger partial charge in [-0.3, -0.25) is 14.6 Å². The van der Waals surface area contributed by atoms with Crippen molar-refractivity contribution < 1.29 is 4.79 Å². The number of hydrogen-bond donors (Lipinski definition) is 3. The van der Waals surface area contributed by atoms with E-state index >= 15 is 0 Å². The minimum Gasteiger partial charge on any atom is -0.320 e. The SMILES string of the molecule is CC(=O)Nc1c(CCCCc2ccccc2)[nH]c(=O)[nH]c1=O. The van der Waals surface area contributed by atoms with Gasteiger partial charge >= 0.3 is 5.69 Å². The highest BCUT2D eigenvalue weighted by atomic mass is 16.2. The molecule has 0 saturated carbocycles. The van der Waals surface area contributed by atoms with Crippen molar-refractivity contribution in [2.75, 3.05) is 5.32 Å². The van der Waals surface area contributed by atoms with E-state index in [-0.39, 0.29) is 11.6 Å². The van der Waals surface area contributed by atoms with Crippen LogP contribution in [0.5, 0.6) is 0 Å². The molecule has 0 aliphatic rings. The zero-order chi connectivity index (χ0) is 15.9. The number of anilines is 1. The molecule has 0 bridgehead atoms. The monoisotopic (exact) mass is 301 g/mol. The first-order valence-corrected chi connectivity index (χ1v) is 7.23. The van der Waals surface area contributed by atoms with Gasteiger partial charge in [-0.15, -0.1) is 0 Å². The Hall–Kier alpha value is -2.63. The number of nitrogens with one attached hydrogen (secondary N) is 3. The van der Waals surface area contributed by atoms with Gasteiger partial charge in [0.05, 0.1) is 0 Å². The van der Waals surface area contributed by atoms with E-state index in [0.29, 0.717) is 12.1 Å². The predicted molar refractivity (Wildman–Crippen MR) is 85.1 cm³/mol. The van der Waals surface area contributed by atoms with Gasteiger partial charge < -0.3 is 10.3 Å². The van der Waals surface area contributed by atoms with Gasteiger partial charge in [0.25, 0.3) is 5.56 Å². The summed E-state index contributed by atoms with van der Waals surface area (Å²) in [7, 11) is 0. The van der Waals surface area contributed by atoms with Crippen molar-refractivity contribution >= 4 is 11.6 Å². The van der Waals surface area contributed by atoms with Gasteiger partial charge in [0, 0.05) is 12.6 Å². The molecule has 6 nitrogen and oxygen atoms in total. The van der Waals surface area contributed by atoms with Crippen molar-refractivity contribution in [3.05, 3.63) is 62.4 Å². The second kappa shape index (κ2) is 7.40. The van der Waals surface area contributed by atoms with Gasteiger partial charge in [0.1, 0.15) is 5.69 Å². The first kappa shape index (κ1) is 15.8. The number of aromatic nitrogens is 2. The van der Waals surface area contributed by atoms with Crippen LogP contribution in [0.1, 0.15) is 31.0 Å². The molecule has 116 valence electrons. The largest absolute Gasteiger partial charge is 0.326 e. The molecule has 3 N–H and O–H groups in total. The molecule has 1 amide bonds. The third kappa shape index (κ3) is 4.44. The van der Waals surface area contributed by atoms with Crippen molar-refractivity contribution in [3.63, 3.8) is 0 Å². The lowest BCUT2D eigenvalue weighted by molar-refractivity contribution is -0.114. The number of aryl methyl sites for hydroxylation is 2. The average molecular weight is 301 g/mol. The second-order valence-corrected chi connectivity index (χ2v) is 5.14. The van der Waals surface area contributed by atoms with Crippen LogP contribution in [-0.4, -0.2) is 15.9 Å². The van der Waals surface area contributed by atoms with Crippen molar-refractivity contribution in [2.45, 2.75) is 32.6 Å². The number of carbonyl (C=O) groups excluding carboxylic acids is 1. The quantitative estimate of drug-likeness (QED) is 0.707. The Morgan fingerprint density at radius 1 is 1.05 bits per heavy atom. The molecule has 1 heterocycles. The number of aromatic amines is 2. The maximum absolute atomic E-state index is 11.8. The van der Waals surface area contributed by atoms with E-state index in [0.717, 1.165) is 19.3 Å². The number of H-pyrrole nitrogens is 2. The standard InChI is InChI=1S/C16H19N3O3/c1-11(20)17-14-13(18-16(22)19-15(14)21)10-6-5-9-12-7-3-2-4-8-12/h2-4,7-8H,5-6,9-10H2,1H3,(H,17,20)(H2,18,19,21,22). The Morgan fingerprint density at radius 2 is 1.73 bits per heavy atom. The summed E-state index contributed by atoms with van der Waals surface area (Å²) in [5, 5.41) is 2.47. The van der Waals surface area contributed by atoms with Gasteiger partial charge in [-0.1, -0.05) is 30.3 Å². The van der Waals surface area contributed by atoms with Crippen molar-refractivity contribution in [1.29, 1.82) is 0 Å². The van der Waals surface area contributed by atoms with Gasteiger partial charge in [-0.25, -0.2) is 4.79 Å². The molecule has 2 aromatic rings. The van der Waals surface area contributed by atoms with E-state index in [2.05, 4.69) is 27.4 Å². The highest BCUT2D eigenvalue weighted by Gasteiger charge is 2.10. The van der Waals surface area contributed by atoms with Gasteiger partial charge in [0.2, 0.25) is 5.91 Å². The maximum Gasteiger partial charge on any atom is 0.326 e. The van der Waals surface area contributed by atoms with Crippen LogP contribution in [0, 0.1) is 0 Å².